The lowest BCUT2D eigenvalue weighted by Gasteiger charge is -2.31. The summed E-state index contributed by atoms with van der Waals surface area (Å²) >= 11 is 0. The summed E-state index contributed by atoms with van der Waals surface area (Å²) in [7, 11) is 3.04. The fourth-order valence-electron chi connectivity index (χ4n) is 6.64. The van der Waals surface area contributed by atoms with Gasteiger partial charge in [0.15, 0.2) is 0 Å². The first-order valence-corrected chi connectivity index (χ1v) is 16.7. The molecule has 13 nitrogen and oxygen atoms in total. The number of alkyl carbamates (subject to hydrolysis) is 1. The van der Waals surface area contributed by atoms with Gasteiger partial charge in [0.05, 0.1) is 55.6 Å². The van der Waals surface area contributed by atoms with Crippen LogP contribution in [-0.2, 0) is 25.6 Å². The summed E-state index contributed by atoms with van der Waals surface area (Å²) in [6, 6.07) is 16.4. The standard InChI is InChI=1S/C36H44N8O5/c1-36(15-5-17-49-36)23-43(32(45)20-37-2)22-31-38-18-28(41-31)26-11-7-24(8-12-26)25-9-13-27(14-10-25)29-19-39-34(42-29)30-6-4-16-44(30)33(46)21-40-35(47)48-3/h7-14,18-19,30,37H,4-6,15-17,20-23H2,1-3H3,(H,38,41)(H,39,42)(H,40,47)/t30-,36?/m0/s1. The number of nitrogens with one attached hydrogen (secondary N) is 4. The van der Waals surface area contributed by atoms with E-state index in [2.05, 4.69) is 90.8 Å². The number of hydrogen-bond acceptors (Lipinski definition) is 8. The average Bonchev–Trinajstić information content (AvgIpc) is 3.95. The molecule has 2 fully saturated rings. The zero-order valence-corrected chi connectivity index (χ0v) is 28.3. The van der Waals surface area contributed by atoms with Gasteiger partial charge in [-0.25, -0.2) is 14.8 Å². The lowest BCUT2D eigenvalue weighted by molar-refractivity contribution is -0.134. The third-order valence-electron chi connectivity index (χ3n) is 9.25. The first-order chi connectivity index (χ1) is 23.7. The number of nitrogens with zero attached hydrogens (tertiary/aromatic N) is 4. The number of amides is 3. The molecule has 13 heteroatoms. The Morgan fingerprint density at radius 1 is 0.959 bits per heavy atom. The van der Waals surface area contributed by atoms with Crippen LogP contribution in [0.2, 0.25) is 0 Å². The number of likely N-dealkylation sites (N-methyl/N-ethyl adjacent to an activating group) is 1. The van der Waals surface area contributed by atoms with Crippen LogP contribution in [0.3, 0.4) is 0 Å². The molecular formula is C36H44N8O5. The largest absolute Gasteiger partial charge is 0.453 e. The maximum absolute atomic E-state index is 12.9. The molecule has 4 heterocycles. The zero-order valence-electron chi connectivity index (χ0n) is 28.3. The Balaban J connectivity index is 1.08. The summed E-state index contributed by atoms with van der Waals surface area (Å²) in [5.74, 6) is 1.30. The molecule has 0 bridgehead atoms. The highest BCUT2D eigenvalue weighted by molar-refractivity contribution is 5.83. The third-order valence-corrected chi connectivity index (χ3v) is 9.25. The molecule has 0 radical (unpaired) electrons. The van der Waals surface area contributed by atoms with E-state index in [1.807, 2.05) is 11.1 Å². The molecule has 2 aliphatic heterocycles. The molecule has 0 saturated carbocycles. The predicted octanol–water partition coefficient (Wildman–Crippen LogP) is 4.27. The quantitative estimate of drug-likeness (QED) is 0.174. The van der Waals surface area contributed by atoms with Gasteiger partial charge in [-0.15, -0.1) is 0 Å². The van der Waals surface area contributed by atoms with Gasteiger partial charge in [-0.2, -0.15) is 0 Å². The van der Waals surface area contributed by atoms with Gasteiger partial charge in [0.25, 0.3) is 0 Å². The van der Waals surface area contributed by atoms with Gasteiger partial charge in [0, 0.05) is 19.7 Å². The Morgan fingerprint density at radius 2 is 1.61 bits per heavy atom. The van der Waals surface area contributed by atoms with Crippen LogP contribution in [0, 0.1) is 0 Å². The van der Waals surface area contributed by atoms with Gasteiger partial charge in [0.2, 0.25) is 11.8 Å². The number of ether oxygens (including phenoxy) is 2. The predicted molar refractivity (Wildman–Crippen MR) is 184 cm³/mol. The minimum atomic E-state index is -0.631. The molecule has 2 saturated heterocycles. The first-order valence-electron chi connectivity index (χ1n) is 16.7. The Bertz CT molecular complexity index is 1740. The second-order valence-electron chi connectivity index (χ2n) is 12.9. The highest BCUT2D eigenvalue weighted by atomic mass is 16.5. The molecule has 2 aliphatic rings. The van der Waals surface area contributed by atoms with E-state index in [0.717, 1.165) is 77.6 Å². The van der Waals surface area contributed by atoms with Crippen molar-refractivity contribution >= 4 is 17.9 Å². The molecule has 0 spiro atoms. The molecule has 49 heavy (non-hydrogen) atoms. The third kappa shape index (κ3) is 8.01. The maximum Gasteiger partial charge on any atom is 0.407 e. The molecule has 258 valence electrons. The van der Waals surface area contributed by atoms with Crippen molar-refractivity contribution in [3.05, 3.63) is 72.6 Å². The summed E-state index contributed by atoms with van der Waals surface area (Å²) < 4.78 is 10.5. The van der Waals surface area contributed by atoms with E-state index < -0.39 is 6.09 Å². The number of H-pyrrole nitrogens is 2. The fourth-order valence-corrected chi connectivity index (χ4v) is 6.64. The van der Waals surface area contributed by atoms with Gasteiger partial charge in [0.1, 0.15) is 18.2 Å². The number of aromatic amines is 2. The highest BCUT2D eigenvalue weighted by Crippen LogP contribution is 2.32. The van der Waals surface area contributed by atoms with E-state index in [1.54, 1.807) is 18.1 Å². The molecule has 4 N–H and O–H groups in total. The maximum atomic E-state index is 12.9. The normalized spacial score (nSPS) is 18.8. The molecule has 0 aliphatic carbocycles. The lowest BCUT2D eigenvalue weighted by atomic mass is 10.0. The van der Waals surface area contributed by atoms with Crippen LogP contribution in [0.4, 0.5) is 4.79 Å². The van der Waals surface area contributed by atoms with E-state index in [1.165, 1.54) is 7.11 Å². The van der Waals surface area contributed by atoms with Crippen molar-refractivity contribution < 1.29 is 23.9 Å². The van der Waals surface area contributed by atoms with Gasteiger partial charge in [-0.05, 0) is 61.9 Å². The van der Waals surface area contributed by atoms with Gasteiger partial charge in [-0.1, -0.05) is 48.5 Å². The smallest absolute Gasteiger partial charge is 0.407 e. The zero-order chi connectivity index (χ0) is 34.4. The lowest BCUT2D eigenvalue weighted by Crippen LogP contribution is -2.46. The number of benzene rings is 2. The summed E-state index contributed by atoms with van der Waals surface area (Å²) in [5.41, 5.74) is 5.57. The Hall–Kier alpha value is -5.01. The average molecular weight is 669 g/mol. The molecule has 2 atom stereocenters. The van der Waals surface area contributed by atoms with Crippen molar-refractivity contribution in [2.75, 3.05) is 46.9 Å². The monoisotopic (exact) mass is 668 g/mol. The van der Waals surface area contributed by atoms with Crippen molar-refractivity contribution in [3.8, 4) is 33.6 Å². The summed E-state index contributed by atoms with van der Waals surface area (Å²) in [5, 5.41) is 5.43. The van der Waals surface area contributed by atoms with Crippen LogP contribution in [-0.4, -0.2) is 100 Å². The van der Waals surface area contributed by atoms with Crippen molar-refractivity contribution in [1.82, 2.24) is 40.4 Å². The second-order valence-corrected chi connectivity index (χ2v) is 12.9. The van der Waals surface area contributed by atoms with E-state index in [0.29, 0.717) is 19.6 Å². The fraction of sp³-hybridized carbons (Fsp3) is 0.417. The van der Waals surface area contributed by atoms with Crippen LogP contribution in [0.5, 0.6) is 0 Å². The molecule has 1 unspecified atom stereocenters. The van der Waals surface area contributed by atoms with Crippen molar-refractivity contribution in [3.63, 3.8) is 0 Å². The topological polar surface area (TPSA) is 158 Å². The molecule has 2 aromatic heterocycles. The second kappa shape index (κ2) is 15.0. The van der Waals surface area contributed by atoms with Crippen LogP contribution in [0.1, 0.15) is 50.3 Å². The van der Waals surface area contributed by atoms with Gasteiger partial charge in [-0.3, -0.25) is 9.59 Å². The molecular weight excluding hydrogens is 624 g/mol. The van der Waals surface area contributed by atoms with Crippen molar-refractivity contribution in [1.29, 1.82) is 0 Å². The summed E-state index contributed by atoms with van der Waals surface area (Å²) in [6.45, 7) is 4.46. The highest BCUT2D eigenvalue weighted by Gasteiger charge is 2.34. The van der Waals surface area contributed by atoms with E-state index in [-0.39, 0.29) is 36.5 Å². The number of hydrogen-bond donors (Lipinski definition) is 4. The van der Waals surface area contributed by atoms with Crippen LogP contribution in [0.15, 0.2) is 60.9 Å². The minimum absolute atomic E-state index is 0.0132. The van der Waals surface area contributed by atoms with Crippen molar-refractivity contribution in [2.24, 2.45) is 0 Å². The summed E-state index contributed by atoms with van der Waals surface area (Å²) in [4.78, 5) is 56.6. The number of carbonyl (C=O) groups is 3. The molecule has 2 aromatic carbocycles. The number of likely N-dealkylation sites (tertiary alicyclic amines) is 1. The Kier molecular flexibility index (Phi) is 10.4. The number of aromatic nitrogens is 4. The number of carbonyl (C=O) groups excluding carboxylic acids is 3. The molecule has 3 amide bonds. The number of rotatable bonds is 12. The van der Waals surface area contributed by atoms with Crippen LogP contribution in [0.25, 0.3) is 33.6 Å². The molecule has 4 aromatic rings. The summed E-state index contributed by atoms with van der Waals surface area (Å²) in [6.07, 6.45) is 6.58. The van der Waals surface area contributed by atoms with E-state index in [9.17, 15) is 14.4 Å². The van der Waals surface area contributed by atoms with Gasteiger partial charge < -0.3 is 39.9 Å². The molecule has 6 rings (SSSR count). The van der Waals surface area contributed by atoms with Gasteiger partial charge >= 0.3 is 6.09 Å². The Morgan fingerprint density at radius 3 is 2.24 bits per heavy atom. The number of methoxy groups -OCH3 is 1. The SMILES string of the molecule is CNCC(=O)N(Cc1ncc(-c2ccc(-c3ccc(-c4cnc([C@@H]5CCCN5C(=O)CNC(=O)OC)[nH]4)cc3)cc2)[nH]1)CC1(C)CCCO1. The van der Waals surface area contributed by atoms with Crippen molar-refractivity contribution in [2.45, 2.75) is 50.8 Å². The first kappa shape index (κ1) is 33.9. The van der Waals surface area contributed by atoms with E-state index in [4.69, 9.17) is 4.74 Å². The number of imidazole rings is 2. The Labute approximate surface area is 285 Å². The van der Waals surface area contributed by atoms with Crippen LogP contribution < -0.4 is 10.6 Å². The van der Waals surface area contributed by atoms with E-state index >= 15 is 0 Å². The van der Waals surface area contributed by atoms with Crippen LogP contribution >= 0.6 is 0 Å². The minimum Gasteiger partial charge on any atom is -0.453 e.